The summed E-state index contributed by atoms with van der Waals surface area (Å²) in [6, 6.07) is 7.69. The predicted octanol–water partition coefficient (Wildman–Crippen LogP) is 2.02. The maximum absolute atomic E-state index is 13.5. The zero-order chi connectivity index (χ0) is 15.8. The van der Waals surface area contributed by atoms with Crippen molar-refractivity contribution in [1.82, 2.24) is 15.5 Å². The molecular weight excluding hydrogens is 279 g/mol. The van der Waals surface area contributed by atoms with Crippen molar-refractivity contribution < 1.29 is 4.39 Å². The second-order valence-electron chi connectivity index (χ2n) is 5.63. The maximum atomic E-state index is 13.5. The van der Waals surface area contributed by atoms with Crippen LogP contribution in [0.3, 0.4) is 0 Å². The highest BCUT2D eigenvalue weighted by molar-refractivity contribution is 5.79. The number of aliphatic imine (C=N–C) groups is 1. The van der Waals surface area contributed by atoms with E-state index in [1.54, 1.807) is 13.1 Å². The van der Waals surface area contributed by atoms with E-state index in [0.29, 0.717) is 13.0 Å². The van der Waals surface area contributed by atoms with Gasteiger partial charge in [0.05, 0.1) is 0 Å². The summed E-state index contributed by atoms with van der Waals surface area (Å²) in [6.45, 7) is 5.89. The molecule has 0 aromatic heterocycles. The predicted molar refractivity (Wildman–Crippen MR) is 89.7 cm³/mol. The van der Waals surface area contributed by atoms with E-state index >= 15 is 0 Å². The van der Waals surface area contributed by atoms with Gasteiger partial charge in [-0.05, 0) is 37.4 Å². The van der Waals surface area contributed by atoms with Gasteiger partial charge < -0.3 is 10.6 Å². The Hall–Kier alpha value is -1.62. The van der Waals surface area contributed by atoms with Crippen molar-refractivity contribution in [3.05, 3.63) is 35.6 Å². The number of nitrogens with zero attached hydrogens (tertiary/aromatic N) is 2. The molecule has 1 aliphatic rings. The fourth-order valence-electron chi connectivity index (χ4n) is 2.59. The van der Waals surface area contributed by atoms with Crippen LogP contribution < -0.4 is 10.6 Å². The van der Waals surface area contributed by atoms with Crippen LogP contribution in [0.1, 0.15) is 25.3 Å². The van der Waals surface area contributed by atoms with Crippen molar-refractivity contribution >= 4 is 5.96 Å². The van der Waals surface area contributed by atoms with Gasteiger partial charge in [-0.2, -0.15) is 0 Å². The highest BCUT2D eigenvalue weighted by Gasteiger charge is 2.27. The fraction of sp³-hybridized carbons (Fsp3) is 0.588. The minimum Gasteiger partial charge on any atom is -0.356 e. The molecule has 0 radical (unpaired) electrons. The molecule has 1 saturated carbocycles. The molecular formula is C17H27FN4. The molecule has 0 bridgehead atoms. The van der Waals surface area contributed by atoms with Gasteiger partial charge in [-0.15, -0.1) is 0 Å². The molecule has 1 aliphatic carbocycles. The molecule has 2 rings (SSSR count). The molecule has 22 heavy (non-hydrogen) atoms. The summed E-state index contributed by atoms with van der Waals surface area (Å²) in [5.41, 5.74) is 0.733. The average molecular weight is 306 g/mol. The van der Waals surface area contributed by atoms with E-state index in [1.807, 2.05) is 12.1 Å². The Bertz CT molecular complexity index is 485. The van der Waals surface area contributed by atoms with Gasteiger partial charge in [-0.25, -0.2) is 4.39 Å². The van der Waals surface area contributed by atoms with Crippen LogP contribution in [-0.2, 0) is 6.42 Å². The Morgan fingerprint density at radius 2 is 2.00 bits per heavy atom. The summed E-state index contributed by atoms with van der Waals surface area (Å²) < 4.78 is 13.5. The smallest absolute Gasteiger partial charge is 0.191 e. The molecule has 0 heterocycles. The quantitative estimate of drug-likeness (QED) is 0.570. The summed E-state index contributed by atoms with van der Waals surface area (Å²) in [5.74, 6) is 0.637. The molecule has 1 aromatic rings. The molecule has 0 amide bonds. The number of nitrogens with one attached hydrogen (secondary N) is 2. The van der Waals surface area contributed by atoms with Gasteiger partial charge in [0.2, 0.25) is 0 Å². The molecule has 122 valence electrons. The van der Waals surface area contributed by atoms with E-state index in [0.717, 1.165) is 37.2 Å². The molecule has 0 unspecified atom stereocenters. The van der Waals surface area contributed by atoms with E-state index in [4.69, 9.17) is 0 Å². The van der Waals surface area contributed by atoms with Gasteiger partial charge in [0, 0.05) is 32.7 Å². The molecule has 1 aromatic carbocycles. The standard InChI is InChI=1S/C17H27FN4/c1-3-22(15-8-9-15)13-12-21-17(19-2)20-11-10-14-6-4-5-7-16(14)18/h4-7,15H,3,8-13H2,1-2H3,(H2,19,20,21). The van der Waals surface area contributed by atoms with Gasteiger partial charge >= 0.3 is 0 Å². The molecule has 2 N–H and O–H groups in total. The number of likely N-dealkylation sites (N-methyl/N-ethyl adjacent to an activating group) is 1. The molecule has 4 nitrogen and oxygen atoms in total. The Labute approximate surface area is 132 Å². The lowest BCUT2D eigenvalue weighted by atomic mass is 10.1. The Morgan fingerprint density at radius 3 is 2.64 bits per heavy atom. The topological polar surface area (TPSA) is 39.7 Å². The van der Waals surface area contributed by atoms with E-state index in [9.17, 15) is 4.39 Å². The third-order valence-corrected chi connectivity index (χ3v) is 4.03. The van der Waals surface area contributed by atoms with Crippen molar-refractivity contribution in [1.29, 1.82) is 0 Å². The molecule has 0 atom stereocenters. The Morgan fingerprint density at radius 1 is 1.27 bits per heavy atom. The lowest BCUT2D eigenvalue weighted by molar-refractivity contribution is 0.282. The van der Waals surface area contributed by atoms with Crippen LogP contribution in [0.4, 0.5) is 4.39 Å². The number of hydrogen-bond donors (Lipinski definition) is 2. The Kier molecular flexibility index (Phi) is 6.65. The van der Waals surface area contributed by atoms with Crippen LogP contribution >= 0.6 is 0 Å². The van der Waals surface area contributed by atoms with Crippen molar-refractivity contribution in [3.8, 4) is 0 Å². The summed E-state index contributed by atoms with van der Waals surface area (Å²) in [7, 11) is 1.76. The monoisotopic (exact) mass is 306 g/mol. The molecule has 0 spiro atoms. The van der Waals surface area contributed by atoms with E-state index in [2.05, 4.69) is 27.4 Å². The largest absolute Gasteiger partial charge is 0.356 e. The SMILES string of the molecule is CCN(CCNC(=NC)NCCc1ccccc1F)C1CC1. The van der Waals surface area contributed by atoms with Gasteiger partial charge in [0.25, 0.3) is 0 Å². The minimum atomic E-state index is -0.143. The lowest BCUT2D eigenvalue weighted by Gasteiger charge is -2.20. The first kappa shape index (κ1) is 16.7. The van der Waals surface area contributed by atoms with Gasteiger partial charge in [-0.3, -0.25) is 9.89 Å². The summed E-state index contributed by atoms with van der Waals surface area (Å²) >= 11 is 0. The summed E-state index contributed by atoms with van der Waals surface area (Å²) in [6.07, 6.45) is 3.32. The van der Waals surface area contributed by atoms with Crippen molar-refractivity contribution in [2.45, 2.75) is 32.2 Å². The van der Waals surface area contributed by atoms with Crippen LogP contribution in [0, 0.1) is 5.82 Å². The normalized spacial score (nSPS) is 15.2. The van der Waals surface area contributed by atoms with Gasteiger partial charge in [0.15, 0.2) is 5.96 Å². The van der Waals surface area contributed by atoms with Crippen LogP contribution in [0.5, 0.6) is 0 Å². The van der Waals surface area contributed by atoms with E-state index < -0.39 is 0 Å². The number of halogens is 1. The van der Waals surface area contributed by atoms with Crippen molar-refractivity contribution in [2.75, 3.05) is 33.2 Å². The molecule has 1 fully saturated rings. The van der Waals surface area contributed by atoms with Crippen LogP contribution in [0.15, 0.2) is 29.3 Å². The Balaban J connectivity index is 1.65. The maximum Gasteiger partial charge on any atom is 0.191 e. The average Bonchev–Trinajstić information content (AvgIpc) is 3.36. The van der Waals surface area contributed by atoms with Crippen LogP contribution in [0.2, 0.25) is 0 Å². The second kappa shape index (κ2) is 8.73. The van der Waals surface area contributed by atoms with Crippen molar-refractivity contribution in [2.24, 2.45) is 4.99 Å². The highest BCUT2D eigenvalue weighted by Crippen LogP contribution is 2.25. The third-order valence-electron chi connectivity index (χ3n) is 4.03. The minimum absolute atomic E-state index is 0.143. The summed E-state index contributed by atoms with van der Waals surface area (Å²) in [5, 5.41) is 6.56. The molecule has 0 saturated heterocycles. The van der Waals surface area contributed by atoms with Crippen LogP contribution in [-0.4, -0.2) is 50.1 Å². The van der Waals surface area contributed by atoms with E-state index in [-0.39, 0.29) is 5.82 Å². The summed E-state index contributed by atoms with van der Waals surface area (Å²) in [4.78, 5) is 6.71. The van der Waals surface area contributed by atoms with E-state index in [1.165, 1.54) is 18.9 Å². The number of guanidine groups is 1. The van der Waals surface area contributed by atoms with Crippen molar-refractivity contribution in [3.63, 3.8) is 0 Å². The first-order valence-corrected chi connectivity index (χ1v) is 8.16. The molecule has 5 heteroatoms. The van der Waals surface area contributed by atoms with Crippen LogP contribution in [0.25, 0.3) is 0 Å². The van der Waals surface area contributed by atoms with Gasteiger partial charge in [0.1, 0.15) is 5.82 Å². The third kappa shape index (κ3) is 5.30. The fourth-order valence-corrected chi connectivity index (χ4v) is 2.59. The van der Waals surface area contributed by atoms with Gasteiger partial charge in [-0.1, -0.05) is 25.1 Å². The number of hydrogen-bond acceptors (Lipinski definition) is 2. The first-order valence-electron chi connectivity index (χ1n) is 8.16. The highest BCUT2D eigenvalue weighted by atomic mass is 19.1. The number of rotatable bonds is 8. The zero-order valence-electron chi connectivity index (χ0n) is 13.6. The first-order chi connectivity index (χ1) is 10.7. The number of benzene rings is 1. The second-order valence-corrected chi connectivity index (χ2v) is 5.63. The lowest BCUT2D eigenvalue weighted by Crippen LogP contribution is -2.42. The zero-order valence-corrected chi connectivity index (χ0v) is 13.6. The molecule has 0 aliphatic heterocycles.